The fourth-order valence-corrected chi connectivity index (χ4v) is 0.733. The first-order valence-corrected chi connectivity index (χ1v) is 3.03. The van der Waals surface area contributed by atoms with Crippen LogP contribution in [-0.4, -0.2) is 22.0 Å². The molecule has 1 rings (SSSR count). The summed E-state index contributed by atoms with van der Waals surface area (Å²) in [6, 6.07) is 0. The molecule has 0 radical (unpaired) electrons. The fourth-order valence-electron chi connectivity index (χ4n) is 0.733. The van der Waals surface area contributed by atoms with E-state index in [9.17, 15) is 12.9 Å². The maximum Gasteiger partial charge on any atom is 0.484 e. The molecule has 0 saturated heterocycles. The minimum atomic E-state index is -4.77. The molecule has 1 aromatic rings. The number of rotatable bonds is 2. The second-order valence-corrected chi connectivity index (χ2v) is 2.26. The van der Waals surface area contributed by atoms with Gasteiger partial charge in [-0.3, -0.25) is 4.68 Å². The zero-order valence-electron chi connectivity index (χ0n) is 5.84. The van der Waals surface area contributed by atoms with Crippen LogP contribution in [0.15, 0.2) is 6.20 Å². The molecular weight excluding hydrogens is 158 g/mol. The lowest BCUT2D eigenvalue weighted by Crippen LogP contribution is -2.21. The number of aromatic nitrogens is 3. The molecule has 0 aliphatic carbocycles. The van der Waals surface area contributed by atoms with Gasteiger partial charge in [0.2, 0.25) is 0 Å². The number of nitrogens with zero attached hydrogens (tertiary/aromatic N) is 3. The van der Waals surface area contributed by atoms with Gasteiger partial charge in [-0.15, -0.1) is 5.10 Å². The summed E-state index contributed by atoms with van der Waals surface area (Å²) in [6.07, 6.45) is 0.207. The van der Waals surface area contributed by atoms with Crippen LogP contribution in [0, 0.1) is 0 Å². The minimum Gasteiger partial charge on any atom is -0.449 e. The molecular formula is C4H6BF3N3-. The summed E-state index contributed by atoms with van der Waals surface area (Å²) < 4.78 is 36.5. The van der Waals surface area contributed by atoms with Gasteiger partial charge in [-0.25, -0.2) is 0 Å². The molecule has 1 aromatic heterocycles. The maximum atomic E-state index is 11.8. The molecule has 0 bridgehead atoms. The van der Waals surface area contributed by atoms with Crippen molar-refractivity contribution in [3.8, 4) is 0 Å². The van der Waals surface area contributed by atoms with Gasteiger partial charge in [0.05, 0.1) is 6.20 Å². The highest BCUT2D eigenvalue weighted by atomic mass is 19.4. The van der Waals surface area contributed by atoms with Gasteiger partial charge in [0.1, 0.15) is 0 Å². The van der Waals surface area contributed by atoms with E-state index in [1.165, 1.54) is 7.05 Å². The van der Waals surface area contributed by atoms with E-state index in [1.807, 2.05) is 0 Å². The first-order valence-electron chi connectivity index (χ1n) is 3.03. The summed E-state index contributed by atoms with van der Waals surface area (Å²) in [5.41, 5.74) is 0.0949. The second kappa shape index (κ2) is 2.56. The summed E-state index contributed by atoms with van der Waals surface area (Å²) in [5, 5.41) is 6.71. The van der Waals surface area contributed by atoms with E-state index in [0.717, 1.165) is 10.9 Å². The van der Waals surface area contributed by atoms with Gasteiger partial charge < -0.3 is 12.9 Å². The molecule has 0 N–H and O–H groups in total. The van der Waals surface area contributed by atoms with Crippen LogP contribution in [0.4, 0.5) is 12.9 Å². The quantitative estimate of drug-likeness (QED) is 0.603. The first-order chi connectivity index (χ1) is 4.99. The monoisotopic (exact) mass is 164 g/mol. The Morgan fingerprint density at radius 2 is 2.18 bits per heavy atom. The van der Waals surface area contributed by atoms with Crippen molar-refractivity contribution in [2.75, 3.05) is 0 Å². The molecule has 0 aromatic carbocycles. The van der Waals surface area contributed by atoms with Crippen molar-refractivity contribution in [3.63, 3.8) is 0 Å². The molecule has 0 fully saturated rings. The van der Waals surface area contributed by atoms with Crippen LogP contribution in [0.25, 0.3) is 0 Å². The molecule has 0 atom stereocenters. The Bertz CT molecular complexity index is 243. The van der Waals surface area contributed by atoms with Crippen LogP contribution in [0.3, 0.4) is 0 Å². The summed E-state index contributed by atoms with van der Waals surface area (Å²) in [7, 11) is 1.43. The third kappa shape index (κ3) is 2.25. The van der Waals surface area contributed by atoms with E-state index < -0.39 is 13.3 Å². The Morgan fingerprint density at radius 3 is 2.55 bits per heavy atom. The highest BCUT2D eigenvalue weighted by Crippen LogP contribution is 2.14. The maximum absolute atomic E-state index is 11.8. The van der Waals surface area contributed by atoms with Crippen molar-refractivity contribution in [2.24, 2.45) is 7.05 Å². The van der Waals surface area contributed by atoms with Gasteiger partial charge in [0.15, 0.2) is 0 Å². The van der Waals surface area contributed by atoms with Gasteiger partial charge in [-0.1, -0.05) is 5.21 Å². The summed E-state index contributed by atoms with van der Waals surface area (Å²) in [4.78, 5) is 0. The van der Waals surface area contributed by atoms with E-state index >= 15 is 0 Å². The van der Waals surface area contributed by atoms with E-state index in [1.54, 1.807) is 0 Å². The average Bonchev–Trinajstić information content (AvgIpc) is 2.12. The van der Waals surface area contributed by atoms with E-state index in [0.29, 0.717) is 0 Å². The summed E-state index contributed by atoms with van der Waals surface area (Å²) in [5.74, 6) is 0. The molecule has 7 heteroatoms. The van der Waals surface area contributed by atoms with Crippen LogP contribution >= 0.6 is 0 Å². The number of aryl methyl sites for hydroxylation is 1. The number of hydrogen-bond acceptors (Lipinski definition) is 2. The predicted molar refractivity (Wildman–Crippen MR) is 33.8 cm³/mol. The van der Waals surface area contributed by atoms with Crippen LogP contribution < -0.4 is 0 Å². The van der Waals surface area contributed by atoms with Crippen molar-refractivity contribution < 1.29 is 12.9 Å². The molecule has 0 spiro atoms. The summed E-state index contributed by atoms with van der Waals surface area (Å²) in [6.45, 7) is -4.77. The van der Waals surface area contributed by atoms with Gasteiger partial charge >= 0.3 is 6.98 Å². The molecule has 0 aliphatic rings. The topological polar surface area (TPSA) is 30.7 Å². The summed E-state index contributed by atoms with van der Waals surface area (Å²) >= 11 is 0. The highest BCUT2D eigenvalue weighted by molar-refractivity contribution is 6.57. The Hall–Kier alpha value is -1.01. The van der Waals surface area contributed by atoms with Crippen LogP contribution in [0.5, 0.6) is 0 Å². The van der Waals surface area contributed by atoms with Gasteiger partial charge in [-0.2, -0.15) is 0 Å². The van der Waals surface area contributed by atoms with Crippen LogP contribution in [0.2, 0.25) is 0 Å². The zero-order valence-corrected chi connectivity index (χ0v) is 5.84. The normalized spacial score (nSPS) is 12.0. The van der Waals surface area contributed by atoms with Gasteiger partial charge in [-0.05, 0) is 6.32 Å². The Balaban J connectivity index is 2.72. The molecule has 3 nitrogen and oxygen atoms in total. The highest BCUT2D eigenvalue weighted by Gasteiger charge is 2.24. The molecule has 0 aliphatic heterocycles. The average molecular weight is 164 g/mol. The molecule has 0 amide bonds. The molecule has 0 saturated carbocycles. The van der Waals surface area contributed by atoms with Gasteiger partial charge in [0, 0.05) is 12.7 Å². The van der Waals surface area contributed by atoms with Crippen molar-refractivity contribution in [1.29, 1.82) is 0 Å². The molecule has 11 heavy (non-hydrogen) atoms. The number of hydrogen-bond donors (Lipinski definition) is 0. The lowest BCUT2D eigenvalue weighted by atomic mass is 9.84. The largest absolute Gasteiger partial charge is 0.484 e. The van der Waals surface area contributed by atoms with E-state index in [2.05, 4.69) is 10.3 Å². The smallest absolute Gasteiger partial charge is 0.449 e. The molecule has 0 unspecified atom stereocenters. The lowest BCUT2D eigenvalue weighted by Gasteiger charge is -2.11. The van der Waals surface area contributed by atoms with Crippen LogP contribution in [0.1, 0.15) is 5.69 Å². The standard InChI is InChI=1S/C4H6BF3N3/c1-11-4(3-9-10-11)2-5(6,7)8/h3H,2H2,1H3/q-1. The third-order valence-electron chi connectivity index (χ3n) is 1.25. The molecule has 62 valence electrons. The predicted octanol–water partition coefficient (Wildman–Crippen LogP) is 0.744. The Labute approximate surface area is 61.3 Å². The molecule has 1 heterocycles. The Kier molecular flexibility index (Phi) is 1.88. The van der Waals surface area contributed by atoms with Crippen molar-refractivity contribution >= 4 is 6.98 Å². The second-order valence-electron chi connectivity index (χ2n) is 2.26. The fraction of sp³-hybridized carbons (Fsp3) is 0.500. The first kappa shape index (κ1) is 8.09. The number of halogens is 3. The van der Waals surface area contributed by atoms with Crippen molar-refractivity contribution in [1.82, 2.24) is 15.0 Å². The van der Waals surface area contributed by atoms with E-state index in [-0.39, 0.29) is 5.69 Å². The SMILES string of the molecule is Cn1nncc1C[B-](F)(F)F. The van der Waals surface area contributed by atoms with Crippen molar-refractivity contribution in [2.45, 2.75) is 6.32 Å². The van der Waals surface area contributed by atoms with Crippen LogP contribution in [-0.2, 0) is 13.4 Å². The third-order valence-corrected chi connectivity index (χ3v) is 1.25. The lowest BCUT2D eigenvalue weighted by molar-refractivity contribution is 0.463. The van der Waals surface area contributed by atoms with E-state index in [4.69, 9.17) is 0 Å². The van der Waals surface area contributed by atoms with Crippen molar-refractivity contribution in [3.05, 3.63) is 11.9 Å². The van der Waals surface area contributed by atoms with Gasteiger partial charge in [0.25, 0.3) is 0 Å². The Morgan fingerprint density at radius 1 is 1.55 bits per heavy atom. The zero-order chi connectivity index (χ0) is 8.48. The minimum absolute atomic E-state index is 0.0949.